The lowest BCUT2D eigenvalue weighted by Gasteiger charge is -2.03. The van der Waals surface area contributed by atoms with Gasteiger partial charge in [0.25, 0.3) is 0 Å². The van der Waals surface area contributed by atoms with Gasteiger partial charge in [0.1, 0.15) is 23.7 Å². The van der Waals surface area contributed by atoms with Crippen molar-refractivity contribution in [1.82, 2.24) is 19.5 Å². The number of hydrogen-bond acceptors (Lipinski definition) is 7. The fourth-order valence-electron chi connectivity index (χ4n) is 1.85. The van der Waals surface area contributed by atoms with Crippen molar-refractivity contribution in [2.75, 3.05) is 0 Å². The topological polar surface area (TPSA) is 111 Å². The molecule has 0 saturated heterocycles. The molecule has 0 fully saturated rings. The second-order valence-corrected chi connectivity index (χ2v) is 4.83. The van der Waals surface area contributed by atoms with Crippen LogP contribution in [-0.2, 0) is 0 Å². The van der Waals surface area contributed by atoms with Gasteiger partial charge in [0.05, 0.1) is 16.0 Å². The lowest BCUT2D eigenvalue weighted by molar-refractivity contribution is -0.388. The fourth-order valence-corrected chi connectivity index (χ4v) is 2.30. The molecule has 0 radical (unpaired) electrons. The third-order valence-corrected chi connectivity index (χ3v) is 3.37. The Labute approximate surface area is 126 Å². The van der Waals surface area contributed by atoms with Crippen molar-refractivity contribution >= 4 is 28.5 Å². The summed E-state index contributed by atoms with van der Waals surface area (Å²) in [5, 5.41) is 21.3. The van der Waals surface area contributed by atoms with Gasteiger partial charge in [0.2, 0.25) is 5.95 Å². The number of thioether (sulfide) groups is 1. The van der Waals surface area contributed by atoms with Crippen LogP contribution in [0.25, 0.3) is 17.0 Å². The van der Waals surface area contributed by atoms with E-state index in [-0.39, 0.29) is 16.7 Å². The number of halogens is 1. The van der Waals surface area contributed by atoms with Crippen molar-refractivity contribution in [3.8, 4) is 11.3 Å². The fraction of sp³-hybridized carbons (Fsp3) is 0. The summed E-state index contributed by atoms with van der Waals surface area (Å²) in [4.78, 5) is 22.2. The van der Waals surface area contributed by atoms with Crippen LogP contribution in [0.4, 0.5) is 10.1 Å². The van der Waals surface area contributed by atoms with Gasteiger partial charge >= 0.3 is 5.69 Å². The highest BCUT2D eigenvalue weighted by Crippen LogP contribution is 2.27. The van der Waals surface area contributed by atoms with Gasteiger partial charge in [-0.1, -0.05) is 0 Å². The first-order valence-electron chi connectivity index (χ1n) is 5.80. The van der Waals surface area contributed by atoms with Crippen molar-refractivity contribution in [2.45, 2.75) is 5.03 Å². The molecule has 3 rings (SSSR count). The van der Waals surface area contributed by atoms with Crippen LogP contribution in [0.1, 0.15) is 0 Å². The molecular formula is C12H5FN6O2S. The third kappa shape index (κ3) is 2.33. The van der Waals surface area contributed by atoms with Crippen LogP contribution in [0.2, 0.25) is 0 Å². The number of nitriles is 1. The molecule has 2 aromatic heterocycles. The number of nitrogens with zero attached hydrogens (tertiary/aromatic N) is 6. The number of fused-ring (bicyclic) bond motifs is 1. The lowest BCUT2D eigenvalue weighted by Crippen LogP contribution is -2.03. The normalized spacial score (nSPS) is 10.5. The second kappa shape index (κ2) is 5.38. The Morgan fingerprint density at radius 3 is 2.95 bits per heavy atom. The molecule has 3 aromatic rings. The molecule has 0 N–H and O–H groups in total. The maximum Gasteiger partial charge on any atom is 0.320 e. The summed E-state index contributed by atoms with van der Waals surface area (Å²) in [7, 11) is 0. The smallest absolute Gasteiger partial charge is 0.267 e. The Hall–Kier alpha value is -3.06. The number of thiocyanates is 1. The van der Waals surface area contributed by atoms with E-state index in [1.165, 1.54) is 29.1 Å². The number of aromatic nitrogens is 4. The number of benzene rings is 1. The van der Waals surface area contributed by atoms with E-state index in [1.54, 1.807) is 5.40 Å². The summed E-state index contributed by atoms with van der Waals surface area (Å²) in [5.41, 5.74) is 0.575. The van der Waals surface area contributed by atoms with Crippen molar-refractivity contribution in [2.24, 2.45) is 0 Å². The average molecular weight is 316 g/mol. The first-order chi connectivity index (χ1) is 10.6. The van der Waals surface area contributed by atoms with Crippen LogP contribution in [-0.4, -0.2) is 24.4 Å². The van der Waals surface area contributed by atoms with E-state index >= 15 is 0 Å². The van der Waals surface area contributed by atoms with E-state index in [0.29, 0.717) is 22.8 Å². The number of rotatable bonds is 3. The molecule has 0 unspecified atom stereocenters. The summed E-state index contributed by atoms with van der Waals surface area (Å²) in [6.07, 6.45) is 2.39. The minimum atomic E-state index is -0.671. The highest BCUT2D eigenvalue weighted by molar-refractivity contribution is 8.03. The van der Waals surface area contributed by atoms with Gasteiger partial charge in [-0.05, 0) is 12.1 Å². The molecule has 0 bridgehead atoms. The zero-order valence-corrected chi connectivity index (χ0v) is 11.5. The molecule has 108 valence electrons. The van der Waals surface area contributed by atoms with Gasteiger partial charge in [-0.3, -0.25) is 14.7 Å². The maximum atomic E-state index is 13.4. The van der Waals surface area contributed by atoms with Gasteiger partial charge < -0.3 is 0 Å². The molecule has 10 heteroatoms. The van der Waals surface area contributed by atoms with Crippen LogP contribution in [0, 0.1) is 26.6 Å². The average Bonchev–Trinajstić information content (AvgIpc) is 2.90. The van der Waals surface area contributed by atoms with E-state index < -0.39 is 10.7 Å². The molecule has 22 heavy (non-hydrogen) atoms. The quantitative estimate of drug-likeness (QED) is 0.240. The molecular weight excluding hydrogens is 311 g/mol. The van der Waals surface area contributed by atoms with Crippen LogP contribution >= 0.6 is 11.8 Å². The van der Waals surface area contributed by atoms with Crippen LogP contribution in [0.15, 0.2) is 35.7 Å². The Morgan fingerprint density at radius 1 is 1.41 bits per heavy atom. The molecule has 0 saturated carbocycles. The molecule has 2 heterocycles. The van der Waals surface area contributed by atoms with Crippen molar-refractivity contribution < 1.29 is 9.31 Å². The van der Waals surface area contributed by atoms with Crippen molar-refractivity contribution in [3.63, 3.8) is 0 Å². The number of nitro groups is 1. The largest absolute Gasteiger partial charge is 0.320 e. The highest BCUT2D eigenvalue weighted by Gasteiger charge is 2.19. The van der Waals surface area contributed by atoms with Gasteiger partial charge in [0, 0.05) is 17.8 Å². The monoisotopic (exact) mass is 316 g/mol. The predicted octanol–water partition coefficient (Wildman–Crippen LogP) is 2.44. The first-order valence-corrected chi connectivity index (χ1v) is 6.62. The third-order valence-electron chi connectivity index (χ3n) is 2.79. The molecule has 0 aliphatic heterocycles. The van der Waals surface area contributed by atoms with Crippen LogP contribution in [0.3, 0.4) is 0 Å². The number of hydrogen-bond donors (Lipinski definition) is 0. The molecule has 0 amide bonds. The Balaban J connectivity index is 2.18. The standard InChI is InChI=1S/C12H5FN6O2S/c13-7-1-2-8-9(3-7)18(6-16-8)12-15-4-10(19(20)21)11(17-12)22-5-14/h1-4,6H. The summed E-state index contributed by atoms with van der Waals surface area (Å²) >= 11 is 0.555. The predicted molar refractivity (Wildman–Crippen MR) is 74.7 cm³/mol. The van der Waals surface area contributed by atoms with E-state index in [0.717, 1.165) is 6.20 Å². The van der Waals surface area contributed by atoms with Gasteiger partial charge in [0.15, 0.2) is 5.03 Å². The lowest BCUT2D eigenvalue weighted by atomic mass is 10.3. The molecule has 8 nitrogen and oxygen atoms in total. The maximum absolute atomic E-state index is 13.4. The zero-order valence-electron chi connectivity index (χ0n) is 10.7. The zero-order chi connectivity index (χ0) is 15.7. The Kier molecular flexibility index (Phi) is 3.40. The van der Waals surface area contributed by atoms with Gasteiger partial charge in [-0.2, -0.15) is 10.2 Å². The minimum Gasteiger partial charge on any atom is -0.267 e. The van der Waals surface area contributed by atoms with Gasteiger partial charge in [-0.15, -0.1) is 0 Å². The summed E-state index contributed by atoms with van der Waals surface area (Å²) < 4.78 is 14.8. The van der Waals surface area contributed by atoms with Crippen LogP contribution in [0.5, 0.6) is 0 Å². The van der Waals surface area contributed by atoms with E-state index in [4.69, 9.17) is 5.26 Å². The van der Waals surface area contributed by atoms with Crippen molar-refractivity contribution in [1.29, 1.82) is 5.26 Å². The molecule has 0 atom stereocenters. The Bertz CT molecular complexity index is 935. The second-order valence-electron chi connectivity index (χ2n) is 4.06. The summed E-state index contributed by atoms with van der Waals surface area (Å²) in [6, 6.07) is 4.02. The first kappa shape index (κ1) is 13.9. The minimum absolute atomic E-state index is 0.0662. The molecule has 0 aliphatic rings. The molecule has 1 aromatic carbocycles. The molecule has 0 spiro atoms. The number of imidazole rings is 1. The van der Waals surface area contributed by atoms with E-state index in [1.807, 2.05) is 0 Å². The Morgan fingerprint density at radius 2 is 2.23 bits per heavy atom. The van der Waals surface area contributed by atoms with E-state index in [9.17, 15) is 14.5 Å². The van der Waals surface area contributed by atoms with Crippen LogP contribution < -0.4 is 0 Å². The summed E-state index contributed by atoms with van der Waals surface area (Å²) in [5.74, 6) is -0.390. The van der Waals surface area contributed by atoms with Gasteiger partial charge in [-0.25, -0.2) is 14.4 Å². The highest BCUT2D eigenvalue weighted by atomic mass is 32.2. The van der Waals surface area contributed by atoms with E-state index in [2.05, 4.69) is 15.0 Å². The summed E-state index contributed by atoms with van der Waals surface area (Å²) in [6.45, 7) is 0. The van der Waals surface area contributed by atoms with Crippen molar-refractivity contribution in [3.05, 3.63) is 46.7 Å². The molecule has 0 aliphatic carbocycles. The SMILES string of the molecule is N#CSc1nc(-n2cnc3ccc(F)cc32)ncc1[N+](=O)[O-].